The van der Waals surface area contributed by atoms with Gasteiger partial charge in [0.15, 0.2) is 5.78 Å². The molecule has 0 fully saturated rings. The second-order valence-corrected chi connectivity index (χ2v) is 8.10. The minimum Gasteiger partial charge on any atom is -0.496 e. The van der Waals surface area contributed by atoms with Gasteiger partial charge >= 0.3 is 0 Å². The Bertz CT molecular complexity index is 1380. The van der Waals surface area contributed by atoms with Crippen molar-refractivity contribution < 1.29 is 9.53 Å². The normalized spacial score (nSPS) is 11.0. The molecule has 4 rings (SSSR count). The fourth-order valence-corrected chi connectivity index (χ4v) is 3.91. The summed E-state index contributed by atoms with van der Waals surface area (Å²) in [5.74, 6) is 0.349. The van der Waals surface area contributed by atoms with Gasteiger partial charge in [-0.1, -0.05) is 6.07 Å². The lowest BCUT2D eigenvalue weighted by molar-refractivity contribution is 0.103. The summed E-state index contributed by atoms with van der Waals surface area (Å²) in [7, 11) is 1.58. The maximum Gasteiger partial charge on any atom is 0.202 e. The molecule has 6 nitrogen and oxygen atoms in total. The lowest BCUT2D eigenvalue weighted by atomic mass is 10.0. The van der Waals surface area contributed by atoms with Crippen LogP contribution >= 0.6 is 15.9 Å². The van der Waals surface area contributed by atoms with Crippen LogP contribution in [-0.2, 0) is 6.54 Å². The van der Waals surface area contributed by atoms with Crippen LogP contribution in [0.1, 0.15) is 32.9 Å². The second kappa shape index (κ2) is 8.43. The first-order chi connectivity index (χ1) is 14.9. The minimum atomic E-state index is -0.339. The van der Waals surface area contributed by atoms with Crippen LogP contribution < -0.4 is 10.2 Å². The van der Waals surface area contributed by atoms with Crippen molar-refractivity contribution in [2.24, 2.45) is 0 Å². The van der Waals surface area contributed by atoms with Gasteiger partial charge in [0, 0.05) is 17.5 Å². The van der Waals surface area contributed by atoms with Crippen molar-refractivity contribution in [1.29, 1.82) is 0 Å². The van der Waals surface area contributed by atoms with Crippen molar-refractivity contribution in [1.82, 2.24) is 14.5 Å². The Morgan fingerprint density at radius 1 is 1.10 bits per heavy atom. The van der Waals surface area contributed by atoms with Gasteiger partial charge in [0.25, 0.3) is 0 Å². The van der Waals surface area contributed by atoms with Crippen LogP contribution in [-0.4, -0.2) is 27.4 Å². The average molecular weight is 478 g/mol. The van der Waals surface area contributed by atoms with Crippen LogP contribution in [0, 0.1) is 13.8 Å². The topological polar surface area (TPSA) is 74.1 Å². The first-order valence-electron chi connectivity index (χ1n) is 9.69. The number of methoxy groups -OCH3 is 1. The maximum absolute atomic E-state index is 13.3. The molecule has 0 saturated heterocycles. The molecule has 0 N–H and O–H groups in total. The van der Waals surface area contributed by atoms with Gasteiger partial charge in [0.2, 0.25) is 5.43 Å². The number of hydrogen-bond donors (Lipinski definition) is 0. The zero-order valence-corrected chi connectivity index (χ0v) is 18.9. The van der Waals surface area contributed by atoms with E-state index < -0.39 is 0 Å². The zero-order valence-electron chi connectivity index (χ0n) is 17.3. The molecule has 31 heavy (non-hydrogen) atoms. The van der Waals surface area contributed by atoms with Gasteiger partial charge in [-0.3, -0.25) is 9.59 Å². The van der Waals surface area contributed by atoms with Gasteiger partial charge in [0.1, 0.15) is 16.0 Å². The maximum atomic E-state index is 13.3. The third-order valence-electron chi connectivity index (χ3n) is 5.07. The van der Waals surface area contributed by atoms with Crippen molar-refractivity contribution in [3.63, 3.8) is 0 Å². The van der Waals surface area contributed by atoms with Gasteiger partial charge in [-0.05, 0) is 77.8 Å². The van der Waals surface area contributed by atoms with Crippen LogP contribution in [0.2, 0.25) is 0 Å². The molecule has 0 atom stereocenters. The molecule has 0 bridgehead atoms. The van der Waals surface area contributed by atoms with Gasteiger partial charge in [-0.25, -0.2) is 9.97 Å². The molecule has 0 aliphatic rings. The van der Waals surface area contributed by atoms with Crippen molar-refractivity contribution in [2.45, 2.75) is 20.4 Å². The molecule has 0 aliphatic carbocycles. The van der Waals surface area contributed by atoms with Gasteiger partial charge in [-0.15, -0.1) is 0 Å². The standard InChI is InChI=1S/C24H20BrN3O3/c1-14-11-16(8-10-20(14)31-3)22(29)19-13-28(12-17-5-4-6-21(25)27-17)24-18(23(19)30)9-7-15(2)26-24/h4-11,13H,12H2,1-3H3. The van der Waals surface area contributed by atoms with E-state index in [9.17, 15) is 9.59 Å². The number of aryl methyl sites for hydroxylation is 2. The Hall–Kier alpha value is -3.32. The third kappa shape index (κ3) is 4.14. The summed E-state index contributed by atoms with van der Waals surface area (Å²) in [6.45, 7) is 4.10. The SMILES string of the molecule is COc1ccc(C(=O)c2cn(Cc3cccc(Br)n3)c3nc(C)ccc3c2=O)cc1C. The van der Waals surface area contributed by atoms with Crippen molar-refractivity contribution in [2.75, 3.05) is 7.11 Å². The number of halogens is 1. The van der Waals surface area contributed by atoms with Crippen molar-refractivity contribution >= 4 is 32.7 Å². The summed E-state index contributed by atoms with van der Waals surface area (Å²) in [4.78, 5) is 35.5. The Kier molecular flexibility index (Phi) is 5.69. The molecular formula is C24H20BrN3O3. The number of ketones is 1. The van der Waals surface area contributed by atoms with Gasteiger partial charge in [-0.2, -0.15) is 0 Å². The fourth-order valence-electron chi connectivity index (χ4n) is 3.53. The molecule has 3 aromatic heterocycles. The van der Waals surface area contributed by atoms with Crippen molar-refractivity contribution in [3.8, 4) is 5.75 Å². The van der Waals surface area contributed by atoms with E-state index in [4.69, 9.17) is 4.74 Å². The number of carbonyl (C=O) groups excluding carboxylic acids is 1. The molecule has 7 heteroatoms. The number of benzene rings is 1. The van der Waals surface area contributed by atoms with Crippen LogP contribution in [0.5, 0.6) is 5.75 Å². The van der Waals surface area contributed by atoms with E-state index in [0.29, 0.717) is 33.5 Å². The molecule has 4 aromatic rings. The fraction of sp³-hybridized carbons (Fsp3) is 0.167. The summed E-state index contributed by atoms with van der Waals surface area (Å²) >= 11 is 3.38. The largest absolute Gasteiger partial charge is 0.496 e. The molecule has 3 heterocycles. The monoisotopic (exact) mass is 477 g/mol. The Balaban J connectivity index is 1.88. The first-order valence-corrected chi connectivity index (χ1v) is 10.5. The summed E-state index contributed by atoms with van der Waals surface area (Å²) in [6, 6.07) is 14.3. The summed E-state index contributed by atoms with van der Waals surface area (Å²) in [6.07, 6.45) is 1.58. The van der Waals surface area contributed by atoms with Gasteiger partial charge < -0.3 is 9.30 Å². The number of nitrogens with zero attached hydrogens (tertiary/aromatic N) is 3. The van der Waals surface area contributed by atoms with Crippen LogP contribution in [0.25, 0.3) is 11.0 Å². The van der Waals surface area contributed by atoms with E-state index in [1.807, 2.05) is 36.6 Å². The highest BCUT2D eigenvalue weighted by molar-refractivity contribution is 9.10. The quantitative estimate of drug-likeness (QED) is 0.313. The predicted octanol–water partition coefficient (Wildman–Crippen LogP) is 4.46. The van der Waals surface area contributed by atoms with E-state index >= 15 is 0 Å². The molecule has 0 amide bonds. The van der Waals surface area contributed by atoms with Crippen LogP contribution in [0.15, 0.2) is 64.1 Å². The number of pyridine rings is 3. The number of carbonyl (C=O) groups is 1. The second-order valence-electron chi connectivity index (χ2n) is 7.29. The Labute approximate surface area is 187 Å². The van der Waals surface area contributed by atoms with Crippen LogP contribution in [0.4, 0.5) is 0 Å². The minimum absolute atomic E-state index is 0.0951. The van der Waals surface area contributed by atoms with Crippen LogP contribution in [0.3, 0.4) is 0 Å². The molecule has 0 aliphatic heterocycles. The van der Waals surface area contributed by atoms with E-state index in [0.717, 1.165) is 17.0 Å². The summed E-state index contributed by atoms with van der Waals surface area (Å²) in [5, 5.41) is 0.400. The summed E-state index contributed by atoms with van der Waals surface area (Å²) < 4.78 is 7.80. The highest BCUT2D eigenvalue weighted by Gasteiger charge is 2.19. The third-order valence-corrected chi connectivity index (χ3v) is 5.51. The number of aromatic nitrogens is 3. The highest BCUT2D eigenvalue weighted by atomic mass is 79.9. The Morgan fingerprint density at radius 3 is 2.61 bits per heavy atom. The highest BCUT2D eigenvalue weighted by Crippen LogP contribution is 2.21. The molecule has 0 unspecified atom stereocenters. The number of ether oxygens (including phenoxy) is 1. The summed E-state index contributed by atoms with van der Waals surface area (Å²) in [5.41, 5.74) is 3.10. The number of fused-ring (bicyclic) bond motifs is 1. The first kappa shape index (κ1) is 20.9. The number of hydrogen-bond acceptors (Lipinski definition) is 5. The molecular weight excluding hydrogens is 458 g/mol. The molecule has 0 spiro atoms. The van der Waals surface area contributed by atoms with E-state index in [-0.39, 0.29) is 16.8 Å². The number of rotatable bonds is 5. The Morgan fingerprint density at radius 2 is 1.90 bits per heavy atom. The van der Waals surface area contributed by atoms with E-state index in [1.54, 1.807) is 43.6 Å². The average Bonchev–Trinajstić information content (AvgIpc) is 2.75. The van der Waals surface area contributed by atoms with E-state index in [1.165, 1.54) is 0 Å². The lowest BCUT2D eigenvalue weighted by Crippen LogP contribution is -2.21. The van der Waals surface area contributed by atoms with E-state index in [2.05, 4.69) is 25.9 Å². The lowest BCUT2D eigenvalue weighted by Gasteiger charge is -2.13. The molecule has 156 valence electrons. The van der Waals surface area contributed by atoms with Gasteiger partial charge in [0.05, 0.1) is 30.3 Å². The molecule has 1 aromatic carbocycles. The predicted molar refractivity (Wildman–Crippen MR) is 123 cm³/mol. The van der Waals surface area contributed by atoms with Crippen molar-refractivity contribution in [3.05, 3.63) is 97.6 Å². The zero-order chi connectivity index (χ0) is 22.1. The smallest absolute Gasteiger partial charge is 0.202 e. The molecule has 0 radical (unpaired) electrons. The molecule has 0 saturated carbocycles.